The number of alkyl halides is 3. The van der Waals surface area contributed by atoms with Crippen molar-refractivity contribution in [2.24, 2.45) is 0 Å². The SMILES string of the molecule is COC(=O)C1=C(CF)NC2=C(C(=O)OC2)[C@@H]1c1cccc(F)c1[C@@H]1CC1(F)F. The van der Waals surface area contributed by atoms with E-state index in [1.807, 2.05) is 0 Å². The fraction of sp³-hybridized carbons (Fsp3) is 0.368. The van der Waals surface area contributed by atoms with E-state index >= 15 is 0 Å². The molecule has 148 valence electrons. The lowest BCUT2D eigenvalue weighted by molar-refractivity contribution is -0.136. The highest BCUT2D eigenvalue weighted by Gasteiger charge is 2.60. The molecular weight excluding hydrogens is 382 g/mol. The topological polar surface area (TPSA) is 64.6 Å². The van der Waals surface area contributed by atoms with Crippen molar-refractivity contribution in [1.29, 1.82) is 0 Å². The molecule has 0 aromatic heterocycles. The zero-order valence-corrected chi connectivity index (χ0v) is 14.7. The molecule has 0 radical (unpaired) electrons. The summed E-state index contributed by atoms with van der Waals surface area (Å²) in [5, 5.41) is 2.65. The van der Waals surface area contributed by atoms with Crippen LogP contribution in [0.25, 0.3) is 0 Å². The summed E-state index contributed by atoms with van der Waals surface area (Å²) >= 11 is 0. The number of carbonyl (C=O) groups excluding carboxylic acids is 2. The van der Waals surface area contributed by atoms with Crippen molar-refractivity contribution in [2.75, 3.05) is 20.4 Å². The first kappa shape index (κ1) is 18.5. The molecule has 1 aromatic rings. The highest BCUT2D eigenvalue weighted by atomic mass is 19.3. The Labute approximate surface area is 157 Å². The van der Waals surface area contributed by atoms with Crippen LogP contribution in [0.3, 0.4) is 0 Å². The van der Waals surface area contributed by atoms with E-state index in [9.17, 15) is 27.2 Å². The number of carbonyl (C=O) groups is 2. The van der Waals surface area contributed by atoms with E-state index in [4.69, 9.17) is 9.47 Å². The molecule has 28 heavy (non-hydrogen) atoms. The van der Waals surface area contributed by atoms with E-state index in [2.05, 4.69) is 5.32 Å². The van der Waals surface area contributed by atoms with Crippen LogP contribution in [-0.2, 0) is 19.1 Å². The number of hydrogen-bond donors (Lipinski definition) is 1. The van der Waals surface area contributed by atoms with Crippen molar-refractivity contribution < 1.29 is 36.6 Å². The maximum Gasteiger partial charge on any atom is 0.337 e. The van der Waals surface area contributed by atoms with Gasteiger partial charge in [0.25, 0.3) is 5.92 Å². The maximum absolute atomic E-state index is 14.6. The van der Waals surface area contributed by atoms with Crippen LogP contribution in [0.4, 0.5) is 17.6 Å². The van der Waals surface area contributed by atoms with Gasteiger partial charge in [-0.25, -0.2) is 27.2 Å². The van der Waals surface area contributed by atoms with E-state index < -0.39 is 48.6 Å². The number of hydrogen-bond acceptors (Lipinski definition) is 5. The first-order chi connectivity index (χ1) is 13.3. The number of ether oxygens (including phenoxy) is 2. The third-order valence-corrected chi connectivity index (χ3v) is 5.21. The lowest BCUT2D eigenvalue weighted by Crippen LogP contribution is -2.32. The second kappa shape index (κ2) is 6.35. The predicted octanol–water partition coefficient (Wildman–Crippen LogP) is 2.84. The molecule has 1 N–H and O–H groups in total. The van der Waals surface area contributed by atoms with Gasteiger partial charge in [0.05, 0.1) is 41.5 Å². The third-order valence-electron chi connectivity index (χ3n) is 5.21. The quantitative estimate of drug-likeness (QED) is 0.625. The summed E-state index contributed by atoms with van der Waals surface area (Å²) in [7, 11) is 1.07. The van der Waals surface area contributed by atoms with E-state index in [1.54, 1.807) is 0 Å². The van der Waals surface area contributed by atoms with Gasteiger partial charge in [-0.2, -0.15) is 0 Å². The summed E-state index contributed by atoms with van der Waals surface area (Å²) in [5.74, 6) is -8.36. The lowest BCUT2D eigenvalue weighted by Gasteiger charge is -2.29. The van der Waals surface area contributed by atoms with Crippen LogP contribution in [0, 0.1) is 5.82 Å². The Bertz CT molecular complexity index is 953. The van der Waals surface area contributed by atoms with Crippen molar-refractivity contribution in [3.05, 3.63) is 57.7 Å². The Hall–Kier alpha value is -2.84. The number of nitrogens with one attached hydrogen (secondary N) is 1. The second-order valence-corrected chi connectivity index (χ2v) is 6.80. The van der Waals surface area contributed by atoms with E-state index in [1.165, 1.54) is 12.1 Å². The summed E-state index contributed by atoms with van der Waals surface area (Å²) < 4.78 is 65.5. The highest BCUT2D eigenvalue weighted by Crippen LogP contribution is 2.58. The zero-order chi connectivity index (χ0) is 20.2. The third kappa shape index (κ3) is 2.68. The molecule has 2 aliphatic heterocycles. The summed E-state index contributed by atoms with van der Waals surface area (Å²) in [6.45, 7) is -1.29. The molecule has 2 atom stereocenters. The summed E-state index contributed by atoms with van der Waals surface area (Å²) in [6.07, 6.45) is -0.546. The summed E-state index contributed by atoms with van der Waals surface area (Å²) in [5.41, 5.74) is -0.543. The first-order valence-electron chi connectivity index (χ1n) is 8.50. The fourth-order valence-corrected chi connectivity index (χ4v) is 3.85. The Morgan fingerprint density at radius 1 is 1.39 bits per heavy atom. The molecule has 5 nitrogen and oxygen atoms in total. The van der Waals surface area contributed by atoms with Crippen LogP contribution in [0.1, 0.15) is 29.4 Å². The molecule has 2 heterocycles. The number of cyclic esters (lactones) is 1. The first-order valence-corrected chi connectivity index (χ1v) is 8.50. The largest absolute Gasteiger partial charge is 0.466 e. The number of halogens is 4. The van der Waals surface area contributed by atoms with Crippen molar-refractivity contribution >= 4 is 11.9 Å². The lowest BCUT2D eigenvalue weighted by atomic mass is 9.78. The molecule has 4 rings (SSSR count). The van der Waals surface area contributed by atoms with Crippen LogP contribution in [0.15, 0.2) is 40.7 Å². The van der Waals surface area contributed by atoms with Gasteiger partial charge in [-0.3, -0.25) is 0 Å². The molecular formula is C19H15F4NO4. The number of benzene rings is 1. The van der Waals surface area contributed by atoms with Crippen molar-refractivity contribution in [3.8, 4) is 0 Å². The van der Waals surface area contributed by atoms with Crippen molar-refractivity contribution in [3.63, 3.8) is 0 Å². The molecule has 1 fully saturated rings. The van der Waals surface area contributed by atoms with E-state index in [0.29, 0.717) is 0 Å². The monoisotopic (exact) mass is 397 g/mol. The van der Waals surface area contributed by atoms with Gasteiger partial charge in [0.15, 0.2) is 0 Å². The van der Waals surface area contributed by atoms with E-state index in [-0.39, 0.29) is 40.3 Å². The molecule has 3 aliphatic rings. The Kier molecular flexibility index (Phi) is 4.20. The summed E-state index contributed by atoms with van der Waals surface area (Å²) in [4.78, 5) is 24.7. The molecule has 1 saturated carbocycles. The van der Waals surface area contributed by atoms with Gasteiger partial charge in [0, 0.05) is 12.0 Å². The second-order valence-electron chi connectivity index (χ2n) is 6.80. The molecule has 0 bridgehead atoms. The van der Waals surface area contributed by atoms with Crippen LogP contribution >= 0.6 is 0 Å². The van der Waals surface area contributed by atoms with E-state index in [0.717, 1.165) is 13.2 Å². The Balaban J connectivity index is 1.96. The van der Waals surface area contributed by atoms with Crippen molar-refractivity contribution in [1.82, 2.24) is 5.32 Å². The molecule has 0 unspecified atom stereocenters. The minimum atomic E-state index is -3.09. The molecule has 1 aromatic carbocycles. The number of rotatable bonds is 4. The van der Waals surface area contributed by atoms with Crippen LogP contribution in [-0.4, -0.2) is 38.3 Å². The van der Waals surface area contributed by atoms with Crippen LogP contribution in [0.2, 0.25) is 0 Å². The van der Waals surface area contributed by atoms with Crippen molar-refractivity contribution in [2.45, 2.75) is 24.2 Å². The van der Waals surface area contributed by atoms with Crippen LogP contribution < -0.4 is 5.32 Å². The average Bonchev–Trinajstić information content (AvgIpc) is 3.13. The van der Waals surface area contributed by atoms with Crippen LogP contribution in [0.5, 0.6) is 0 Å². The normalized spacial score (nSPS) is 25.2. The zero-order valence-electron chi connectivity index (χ0n) is 14.7. The molecule has 0 saturated heterocycles. The van der Waals surface area contributed by atoms with Gasteiger partial charge >= 0.3 is 11.9 Å². The molecule has 0 amide bonds. The Morgan fingerprint density at radius 3 is 2.71 bits per heavy atom. The number of allylic oxidation sites excluding steroid dienone is 1. The molecule has 9 heteroatoms. The standard InChI is InChI=1S/C19H15F4NO4/c1-27-17(25)15-11(6-20)24-12-7-28-18(26)16(12)14(15)8-3-2-4-10(21)13(8)9-5-19(9,22)23/h2-4,9,14,24H,5-7H2,1H3/t9-,14+/m0/s1. The smallest absolute Gasteiger partial charge is 0.337 e. The average molecular weight is 397 g/mol. The minimum absolute atomic E-state index is 0.00127. The van der Waals surface area contributed by atoms with Gasteiger partial charge in [0.2, 0.25) is 0 Å². The number of esters is 2. The molecule has 0 spiro atoms. The number of methoxy groups -OCH3 is 1. The Morgan fingerprint density at radius 2 is 2.11 bits per heavy atom. The minimum Gasteiger partial charge on any atom is -0.466 e. The number of dihydropyridines is 1. The van der Waals surface area contributed by atoms with Gasteiger partial charge < -0.3 is 14.8 Å². The van der Waals surface area contributed by atoms with Gasteiger partial charge in [0.1, 0.15) is 19.1 Å². The van der Waals surface area contributed by atoms with Gasteiger partial charge in [-0.05, 0) is 11.6 Å². The van der Waals surface area contributed by atoms with Gasteiger partial charge in [-0.1, -0.05) is 12.1 Å². The maximum atomic E-state index is 14.6. The predicted molar refractivity (Wildman–Crippen MR) is 87.6 cm³/mol. The van der Waals surface area contributed by atoms with Gasteiger partial charge in [-0.15, -0.1) is 0 Å². The summed E-state index contributed by atoms with van der Waals surface area (Å²) in [6, 6.07) is 3.69. The molecule has 1 aliphatic carbocycles. The highest BCUT2D eigenvalue weighted by molar-refractivity contribution is 6.01. The fourth-order valence-electron chi connectivity index (χ4n) is 3.85.